The Morgan fingerprint density at radius 2 is 2.11 bits per heavy atom. The first-order chi connectivity index (χ1) is 8.88. The molecule has 19 heavy (non-hydrogen) atoms. The van der Waals surface area contributed by atoms with Crippen LogP contribution in [-0.4, -0.2) is 29.5 Å². The molecule has 0 bridgehead atoms. The first-order valence-electron chi connectivity index (χ1n) is 5.43. The molecule has 0 radical (unpaired) electrons. The number of aryl methyl sites for hydroxylation is 1. The van der Waals surface area contributed by atoms with Crippen molar-refractivity contribution in [1.82, 2.24) is 5.32 Å². The molecule has 1 atom stereocenters. The van der Waals surface area contributed by atoms with E-state index in [0.29, 0.717) is 10.8 Å². The highest BCUT2D eigenvalue weighted by Gasteiger charge is 2.23. The molecule has 0 aliphatic carbocycles. The van der Waals surface area contributed by atoms with Crippen LogP contribution in [0.3, 0.4) is 0 Å². The molecular weight excluding hydrogens is 300 g/mol. The lowest BCUT2D eigenvalue weighted by Crippen LogP contribution is -2.42. The summed E-state index contributed by atoms with van der Waals surface area (Å²) in [6.07, 6.45) is -3.25. The van der Waals surface area contributed by atoms with Gasteiger partial charge in [0.25, 0.3) is 0 Å². The first kappa shape index (κ1) is 15.8. The van der Waals surface area contributed by atoms with Crippen molar-refractivity contribution in [1.29, 1.82) is 0 Å². The van der Waals surface area contributed by atoms with Crippen molar-refractivity contribution in [3.63, 3.8) is 0 Å². The summed E-state index contributed by atoms with van der Waals surface area (Å²) in [6, 6.07) is 1.89. The van der Waals surface area contributed by atoms with Gasteiger partial charge in [0.2, 0.25) is 12.3 Å². The maximum absolute atomic E-state index is 12.1. The van der Waals surface area contributed by atoms with Crippen molar-refractivity contribution < 1.29 is 23.5 Å². The van der Waals surface area contributed by atoms with E-state index in [4.69, 9.17) is 16.7 Å². The summed E-state index contributed by atoms with van der Waals surface area (Å²) in [5.74, 6) is -2.04. The molecular formula is C11H12ClF2NO3S. The molecule has 1 amide bonds. The fourth-order valence-electron chi connectivity index (χ4n) is 1.39. The van der Waals surface area contributed by atoms with Crippen LogP contribution >= 0.6 is 22.9 Å². The van der Waals surface area contributed by atoms with E-state index in [1.54, 1.807) is 12.1 Å². The van der Waals surface area contributed by atoms with E-state index >= 15 is 0 Å². The van der Waals surface area contributed by atoms with Crippen LogP contribution in [0.2, 0.25) is 4.34 Å². The van der Waals surface area contributed by atoms with E-state index in [-0.39, 0.29) is 6.42 Å². The van der Waals surface area contributed by atoms with Gasteiger partial charge in [-0.25, -0.2) is 13.6 Å². The summed E-state index contributed by atoms with van der Waals surface area (Å²) < 4.78 is 24.8. The van der Waals surface area contributed by atoms with E-state index in [1.165, 1.54) is 11.3 Å². The predicted molar refractivity (Wildman–Crippen MR) is 67.8 cm³/mol. The summed E-state index contributed by atoms with van der Waals surface area (Å²) in [5, 5.41) is 10.8. The fourth-order valence-corrected chi connectivity index (χ4v) is 2.48. The number of thiophene rings is 1. The molecule has 4 nitrogen and oxygen atoms in total. The van der Waals surface area contributed by atoms with Gasteiger partial charge < -0.3 is 10.4 Å². The molecule has 1 aromatic rings. The molecule has 0 fully saturated rings. The van der Waals surface area contributed by atoms with Crippen LogP contribution in [0, 0.1) is 0 Å². The van der Waals surface area contributed by atoms with Crippen LogP contribution in [0.25, 0.3) is 0 Å². The van der Waals surface area contributed by atoms with Gasteiger partial charge >= 0.3 is 5.97 Å². The third-order valence-corrected chi connectivity index (χ3v) is 3.57. The van der Waals surface area contributed by atoms with E-state index < -0.39 is 30.8 Å². The second-order valence-electron chi connectivity index (χ2n) is 3.79. The first-order valence-corrected chi connectivity index (χ1v) is 6.62. The fraction of sp³-hybridized carbons (Fsp3) is 0.455. The van der Waals surface area contributed by atoms with E-state index in [1.807, 2.05) is 0 Å². The van der Waals surface area contributed by atoms with Crippen molar-refractivity contribution in [2.24, 2.45) is 0 Å². The normalized spacial score (nSPS) is 12.4. The maximum atomic E-state index is 12.1. The number of carbonyl (C=O) groups excluding carboxylic acids is 1. The van der Waals surface area contributed by atoms with Gasteiger partial charge in [0.1, 0.15) is 6.04 Å². The topological polar surface area (TPSA) is 66.4 Å². The molecule has 2 N–H and O–H groups in total. The second-order valence-corrected chi connectivity index (χ2v) is 5.59. The number of alkyl halides is 2. The third kappa shape index (κ3) is 5.98. The Labute approximate surface area is 117 Å². The quantitative estimate of drug-likeness (QED) is 0.813. The van der Waals surface area contributed by atoms with Crippen molar-refractivity contribution in [3.8, 4) is 0 Å². The molecule has 1 unspecified atom stereocenters. The minimum absolute atomic E-state index is 0.0316. The number of carboxylic acids is 1. The minimum atomic E-state index is -2.78. The Hall–Kier alpha value is -1.21. The summed E-state index contributed by atoms with van der Waals surface area (Å²) in [4.78, 5) is 23.0. The number of hydrogen-bond acceptors (Lipinski definition) is 3. The summed E-state index contributed by atoms with van der Waals surface area (Å²) in [7, 11) is 0. The molecule has 0 aliphatic heterocycles. The number of aliphatic carboxylic acids is 1. The predicted octanol–water partition coefficient (Wildman–Crippen LogP) is 2.56. The lowest BCUT2D eigenvalue weighted by Gasteiger charge is -2.13. The van der Waals surface area contributed by atoms with Gasteiger partial charge in [-0.3, -0.25) is 4.79 Å². The zero-order valence-corrected chi connectivity index (χ0v) is 11.3. The molecule has 0 spiro atoms. The van der Waals surface area contributed by atoms with Crippen LogP contribution in [0.1, 0.15) is 17.7 Å². The lowest BCUT2D eigenvalue weighted by molar-refractivity contribution is -0.143. The Morgan fingerprint density at radius 1 is 1.42 bits per heavy atom. The molecule has 106 valence electrons. The Balaban J connectivity index is 2.42. The van der Waals surface area contributed by atoms with Gasteiger partial charge in [0.05, 0.1) is 4.34 Å². The third-order valence-electron chi connectivity index (χ3n) is 2.27. The summed E-state index contributed by atoms with van der Waals surface area (Å²) in [6.45, 7) is 0. The maximum Gasteiger partial charge on any atom is 0.326 e. The molecule has 1 rings (SSSR count). The van der Waals surface area contributed by atoms with Crippen LogP contribution < -0.4 is 5.32 Å². The number of nitrogens with one attached hydrogen (secondary N) is 1. The zero-order chi connectivity index (χ0) is 14.4. The summed E-state index contributed by atoms with van der Waals surface area (Å²) in [5.41, 5.74) is 0. The molecule has 1 heterocycles. The lowest BCUT2D eigenvalue weighted by atomic mass is 10.2. The van der Waals surface area contributed by atoms with Crippen LogP contribution in [0.15, 0.2) is 12.1 Å². The van der Waals surface area contributed by atoms with Crippen molar-refractivity contribution in [3.05, 3.63) is 21.3 Å². The van der Waals surface area contributed by atoms with Gasteiger partial charge in [0.15, 0.2) is 0 Å². The zero-order valence-electron chi connectivity index (χ0n) is 9.74. The standard InChI is InChI=1S/C11H12ClF2NO3S/c12-8-3-1-6(19-8)2-4-10(16)15-7(11(17)18)5-9(13)14/h1,3,7,9H,2,4-5H2,(H,15,16)(H,17,18). The van der Waals surface area contributed by atoms with Crippen LogP contribution in [0.4, 0.5) is 8.78 Å². The average molecular weight is 312 g/mol. The highest BCUT2D eigenvalue weighted by molar-refractivity contribution is 7.16. The van der Waals surface area contributed by atoms with E-state index in [2.05, 4.69) is 5.32 Å². The van der Waals surface area contributed by atoms with Gasteiger partial charge in [-0.2, -0.15) is 0 Å². The van der Waals surface area contributed by atoms with Crippen molar-refractivity contribution >= 4 is 34.8 Å². The highest BCUT2D eigenvalue weighted by atomic mass is 35.5. The average Bonchev–Trinajstić information content (AvgIpc) is 2.71. The van der Waals surface area contributed by atoms with Gasteiger partial charge in [0, 0.05) is 17.7 Å². The van der Waals surface area contributed by atoms with Crippen LogP contribution in [-0.2, 0) is 16.0 Å². The number of carbonyl (C=O) groups is 2. The number of hydrogen-bond donors (Lipinski definition) is 2. The summed E-state index contributed by atoms with van der Waals surface area (Å²) >= 11 is 7.03. The highest BCUT2D eigenvalue weighted by Crippen LogP contribution is 2.22. The smallest absolute Gasteiger partial charge is 0.326 e. The second kappa shape index (κ2) is 7.40. The SMILES string of the molecule is O=C(CCc1ccc(Cl)s1)NC(CC(F)F)C(=O)O. The molecule has 0 aromatic carbocycles. The van der Waals surface area contributed by atoms with Crippen molar-refractivity contribution in [2.75, 3.05) is 0 Å². The largest absolute Gasteiger partial charge is 0.480 e. The Bertz CT molecular complexity index is 453. The molecule has 0 aliphatic rings. The van der Waals surface area contributed by atoms with Crippen LogP contribution in [0.5, 0.6) is 0 Å². The Morgan fingerprint density at radius 3 is 2.58 bits per heavy atom. The van der Waals surface area contributed by atoms with E-state index in [0.717, 1.165) is 4.88 Å². The molecule has 0 saturated carbocycles. The number of carboxylic acid groups (broad SMARTS) is 1. The number of halogens is 3. The molecule has 8 heteroatoms. The van der Waals surface area contributed by atoms with Crippen molar-refractivity contribution in [2.45, 2.75) is 31.7 Å². The van der Waals surface area contributed by atoms with Gasteiger partial charge in [-0.1, -0.05) is 11.6 Å². The Kier molecular flexibility index (Phi) is 6.17. The number of rotatable bonds is 7. The molecule has 1 aromatic heterocycles. The van der Waals surface area contributed by atoms with Gasteiger partial charge in [-0.15, -0.1) is 11.3 Å². The monoisotopic (exact) mass is 311 g/mol. The molecule has 0 saturated heterocycles. The van der Waals surface area contributed by atoms with Gasteiger partial charge in [-0.05, 0) is 18.6 Å². The van der Waals surface area contributed by atoms with E-state index in [9.17, 15) is 18.4 Å². The number of amides is 1. The minimum Gasteiger partial charge on any atom is -0.480 e.